The lowest BCUT2D eigenvalue weighted by Gasteiger charge is -2.31. The molecule has 0 unspecified atom stereocenters. The van der Waals surface area contributed by atoms with Gasteiger partial charge in [-0.1, -0.05) is 84.1 Å². The van der Waals surface area contributed by atoms with Crippen LogP contribution in [0.4, 0.5) is 5.69 Å². The van der Waals surface area contributed by atoms with Gasteiger partial charge >= 0.3 is 0 Å². The summed E-state index contributed by atoms with van der Waals surface area (Å²) in [6.07, 6.45) is 5.02. The van der Waals surface area contributed by atoms with Crippen molar-refractivity contribution in [3.8, 4) is 0 Å². The van der Waals surface area contributed by atoms with Crippen molar-refractivity contribution >= 4 is 35.3 Å². The van der Waals surface area contributed by atoms with Crippen LogP contribution in [-0.2, 0) is 17.8 Å². The van der Waals surface area contributed by atoms with Crippen LogP contribution in [0, 0.1) is 13.8 Å². The number of benzene rings is 4. The smallest absolute Gasteiger partial charge is 0.265 e. The Bertz CT molecular complexity index is 1620. The second kappa shape index (κ2) is 11.2. The predicted molar refractivity (Wildman–Crippen MR) is 163 cm³/mol. The van der Waals surface area contributed by atoms with Crippen LogP contribution in [-0.4, -0.2) is 11.8 Å². The van der Waals surface area contributed by atoms with Gasteiger partial charge in [-0.3, -0.25) is 9.59 Å². The molecular formula is C35H32N2O2S. The summed E-state index contributed by atoms with van der Waals surface area (Å²) in [7, 11) is 0. The van der Waals surface area contributed by atoms with E-state index >= 15 is 0 Å². The van der Waals surface area contributed by atoms with Crippen LogP contribution >= 0.6 is 11.8 Å². The number of nitrogens with one attached hydrogen (secondary N) is 1. The van der Waals surface area contributed by atoms with Crippen molar-refractivity contribution in [2.45, 2.75) is 50.6 Å². The Labute approximate surface area is 240 Å². The van der Waals surface area contributed by atoms with Crippen molar-refractivity contribution in [2.24, 2.45) is 0 Å². The highest BCUT2D eigenvalue weighted by Crippen LogP contribution is 2.43. The Kier molecular flexibility index (Phi) is 7.31. The minimum absolute atomic E-state index is 0.0117. The zero-order valence-corrected chi connectivity index (χ0v) is 23.6. The molecule has 2 amide bonds. The molecule has 0 saturated heterocycles. The lowest BCUT2D eigenvalue weighted by Crippen LogP contribution is -2.34. The highest BCUT2D eigenvalue weighted by Gasteiger charge is 2.29. The number of amides is 2. The number of carbonyl (C=O) groups excluding carboxylic acids is 2. The zero-order valence-electron chi connectivity index (χ0n) is 22.8. The van der Waals surface area contributed by atoms with Gasteiger partial charge in [0.05, 0.1) is 23.2 Å². The molecule has 2 aliphatic rings. The number of hydrogen-bond donors (Lipinski definition) is 1. The molecule has 5 heteroatoms. The van der Waals surface area contributed by atoms with Crippen LogP contribution < -0.4 is 10.2 Å². The molecule has 1 aliphatic heterocycles. The van der Waals surface area contributed by atoms with Crippen LogP contribution in [0.5, 0.6) is 0 Å². The van der Waals surface area contributed by atoms with E-state index in [-0.39, 0.29) is 17.9 Å². The fourth-order valence-corrected chi connectivity index (χ4v) is 6.65. The Balaban J connectivity index is 1.22. The summed E-state index contributed by atoms with van der Waals surface area (Å²) in [5.74, 6) is -0.0833. The van der Waals surface area contributed by atoms with Gasteiger partial charge in [0.2, 0.25) is 0 Å². The van der Waals surface area contributed by atoms with E-state index in [1.165, 1.54) is 34.0 Å². The Morgan fingerprint density at radius 1 is 0.975 bits per heavy atom. The standard InChI is InChI=1S/C35H32N2O2S/c1-23-14-15-24(2)28(20-23)22-37-31-12-5-6-13-32(31)40-33(35(37)39)21-25-16-18-27(19-17-25)34(38)36-30-11-7-9-26-8-3-4-10-29(26)30/h3-6,8,10,12-21,30H,7,9,11,22H2,1-2H3,(H,36,38)/b33-21-/t30-/m0/s1. The fourth-order valence-electron chi connectivity index (χ4n) is 5.59. The van der Waals surface area contributed by atoms with E-state index < -0.39 is 0 Å². The van der Waals surface area contributed by atoms with Gasteiger partial charge in [-0.05, 0) is 91.3 Å². The van der Waals surface area contributed by atoms with Crippen molar-refractivity contribution in [3.05, 3.63) is 135 Å². The average molecular weight is 545 g/mol. The summed E-state index contributed by atoms with van der Waals surface area (Å²) in [6.45, 7) is 4.68. The van der Waals surface area contributed by atoms with Crippen LogP contribution in [0.2, 0.25) is 0 Å². The molecule has 0 saturated carbocycles. The maximum absolute atomic E-state index is 13.8. The van der Waals surface area contributed by atoms with Crippen LogP contribution in [0.25, 0.3) is 6.08 Å². The minimum Gasteiger partial charge on any atom is -0.345 e. The molecular weight excluding hydrogens is 512 g/mol. The van der Waals surface area contributed by atoms with Crippen LogP contribution in [0.1, 0.15) is 62.6 Å². The number of para-hydroxylation sites is 1. The SMILES string of the molecule is Cc1ccc(C)c(CN2C(=O)/C(=C/c3ccc(C(=O)N[C@H]4CCCc5ccccc54)cc3)Sc3ccccc32)c1. The molecule has 6 rings (SSSR count). The topological polar surface area (TPSA) is 49.4 Å². The molecule has 1 N–H and O–H groups in total. The molecule has 0 bridgehead atoms. The second-order valence-corrected chi connectivity index (χ2v) is 11.7. The molecule has 0 aromatic heterocycles. The third-order valence-corrected chi connectivity index (χ3v) is 8.89. The molecule has 40 heavy (non-hydrogen) atoms. The van der Waals surface area contributed by atoms with E-state index in [1.54, 1.807) is 0 Å². The summed E-state index contributed by atoms with van der Waals surface area (Å²) in [5, 5.41) is 3.23. The van der Waals surface area contributed by atoms with E-state index in [0.717, 1.165) is 41.0 Å². The third-order valence-electron chi connectivity index (χ3n) is 7.81. The first-order valence-electron chi connectivity index (χ1n) is 13.8. The van der Waals surface area contributed by atoms with Crippen molar-refractivity contribution < 1.29 is 9.59 Å². The number of thioether (sulfide) groups is 1. The van der Waals surface area contributed by atoms with Gasteiger partial charge in [0, 0.05) is 10.5 Å². The normalized spacial score (nSPS) is 17.4. The molecule has 4 nitrogen and oxygen atoms in total. The number of aryl methyl sites for hydroxylation is 3. The number of hydrogen-bond acceptors (Lipinski definition) is 3. The Morgan fingerprint density at radius 2 is 1.75 bits per heavy atom. The third kappa shape index (κ3) is 5.34. The largest absolute Gasteiger partial charge is 0.345 e. The highest BCUT2D eigenvalue weighted by molar-refractivity contribution is 8.04. The summed E-state index contributed by atoms with van der Waals surface area (Å²) in [6, 6.07) is 30.4. The van der Waals surface area contributed by atoms with Crippen LogP contribution in [0.3, 0.4) is 0 Å². The predicted octanol–water partition coefficient (Wildman–Crippen LogP) is 7.79. The first-order chi connectivity index (χ1) is 19.5. The number of carbonyl (C=O) groups is 2. The highest BCUT2D eigenvalue weighted by atomic mass is 32.2. The molecule has 0 spiro atoms. The second-order valence-electron chi connectivity index (χ2n) is 10.6. The molecule has 200 valence electrons. The van der Waals surface area contributed by atoms with Gasteiger partial charge in [-0.15, -0.1) is 0 Å². The first-order valence-corrected chi connectivity index (χ1v) is 14.6. The van der Waals surface area contributed by atoms with Gasteiger partial charge in [0.1, 0.15) is 0 Å². The maximum atomic E-state index is 13.8. The fraction of sp³-hybridized carbons (Fsp3) is 0.200. The van der Waals surface area contributed by atoms with E-state index in [1.807, 2.05) is 59.5 Å². The van der Waals surface area contributed by atoms with Gasteiger partial charge in [-0.2, -0.15) is 0 Å². The molecule has 0 fully saturated rings. The van der Waals surface area contributed by atoms with Gasteiger partial charge in [0.15, 0.2) is 0 Å². The Hall–Kier alpha value is -4.09. The summed E-state index contributed by atoms with van der Waals surface area (Å²) >= 11 is 1.50. The van der Waals surface area contributed by atoms with Gasteiger partial charge in [-0.25, -0.2) is 0 Å². The van der Waals surface area contributed by atoms with E-state index in [2.05, 4.69) is 61.6 Å². The summed E-state index contributed by atoms with van der Waals surface area (Å²) in [5.41, 5.74) is 8.49. The molecule has 0 radical (unpaired) electrons. The quantitative estimate of drug-likeness (QED) is 0.261. The van der Waals surface area contributed by atoms with E-state index in [0.29, 0.717) is 17.0 Å². The van der Waals surface area contributed by atoms with Gasteiger partial charge in [0.25, 0.3) is 11.8 Å². The molecule has 4 aromatic carbocycles. The van der Waals surface area contributed by atoms with Crippen LogP contribution in [0.15, 0.2) is 101 Å². The summed E-state index contributed by atoms with van der Waals surface area (Å²) in [4.78, 5) is 30.5. The first kappa shape index (κ1) is 26.1. The average Bonchev–Trinajstić information content (AvgIpc) is 2.97. The van der Waals surface area contributed by atoms with Crippen molar-refractivity contribution in [3.63, 3.8) is 0 Å². The van der Waals surface area contributed by atoms with Gasteiger partial charge < -0.3 is 10.2 Å². The maximum Gasteiger partial charge on any atom is 0.265 e. The molecule has 1 aliphatic carbocycles. The lowest BCUT2D eigenvalue weighted by molar-refractivity contribution is -0.114. The van der Waals surface area contributed by atoms with E-state index in [9.17, 15) is 9.59 Å². The number of fused-ring (bicyclic) bond motifs is 2. The number of rotatable bonds is 5. The number of nitrogens with zero attached hydrogens (tertiary/aromatic N) is 1. The molecule has 1 heterocycles. The monoisotopic (exact) mass is 544 g/mol. The number of anilines is 1. The molecule has 4 aromatic rings. The lowest BCUT2D eigenvalue weighted by atomic mass is 9.87. The van der Waals surface area contributed by atoms with Crippen molar-refractivity contribution in [2.75, 3.05) is 4.90 Å². The zero-order chi connectivity index (χ0) is 27.6. The molecule has 1 atom stereocenters. The Morgan fingerprint density at radius 3 is 2.60 bits per heavy atom. The van der Waals surface area contributed by atoms with Crippen molar-refractivity contribution in [1.29, 1.82) is 0 Å². The van der Waals surface area contributed by atoms with E-state index in [4.69, 9.17) is 0 Å². The summed E-state index contributed by atoms with van der Waals surface area (Å²) < 4.78 is 0. The van der Waals surface area contributed by atoms with Crippen molar-refractivity contribution in [1.82, 2.24) is 5.32 Å². The minimum atomic E-state index is -0.0716.